The van der Waals surface area contributed by atoms with E-state index in [4.69, 9.17) is 18.9 Å². The zero-order chi connectivity index (χ0) is 28.6. The van der Waals surface area contributed by atoms with Crippen molar-refractivity contribution in [2.24, 2.45) is 0 Å². The number of methoxy groups -OCH3 is 4. The number of rotatable bonds is 14. The van der Waals surface area contributed by atoms with Crippen molar-refractivity contribution in [3.63, 3.8) is 0 Å². The molecule has 0 aliphatic heterocycles. The molecule has 0 radical (unpaired) electrons. The summed E-state index contributed by atoms with van der Waals surface area (Å²) in [7, 11) is 6.07. The molecule has 0 fully saturated rings. The van der Waals surface area contributed by atoms with Crippen molar-refractivity contribution in [2.45, 2.75) is 19.3 Å². The minimum atomic E-state index is -0.473. The molecule has 0 aliphatic rings. The van der Waals surface area contributed by atoms with E-state index in [1.165, 1.54) is 40.6 Å². The van der Waals surface area contributed by atoms with E-state index < -0.39 is 11.8 Å². The number of hydrogen-bond acceptors (Lipinski definition) is 8. The second-order valence-electron chi connectivity index (χ2n) is 8.14. The van der Waals surface area contributed by atoms with Crippen LogP contribution in [-0.4, -0.2) is 53.3 Å². The number of hydrogen-bond donors (Lipinski definition) is 2. The Labute approximate surface area is 228 Å². The van der Waals surface area contributed by atoms with Gasteiger partial charge in [0.25, 0.3) is 11.8 Å². The molecule has 2 amide bonds. The quantitative estimate of drug-likeness (QED) is 0.213. The third-order valence-electron chi connectivity index (χ3n) is 5.59. The Bertz CT molecular complexity index is 1200. The summed E-state index contributed by atoms with van der Waals surface area (Å²) >= 11 is 0. The van der Waals surface area contributed by atoms with Crippen molar-refractivity contribution < 1.29 is 28.5 Å². The Morgan fingerprint density at radius 1 is 0.667 bits per heavy atom. The first-order valence-electron chi connectivity index (χ1n) is 12.1. The Hall–Kier alpha value is -4.96. The normalized spacial score (nSPS) is 11.0. The molecule has 0 saturated carbocycles. The monoisotopic (exact) mass is 532 g/mol. The molecule has 2 N–H and O–H groups in total. The third-order valence-corrected chi connectivity index (χ3v) is 5.59. The second kappa shape index (κ2) is 16.0. The zero-order valence-corrected chi connectivity index (χ0v) is 22.5. The minimum Gasteiger partial charge on any atom is -0.493 e. The predicted molar refractivity (Wildman–Crippen MR) is 146 cm³/mol. The molecular weight excluding hydrogens is 500 g/mol. The molecule has 0 heterocycles. The summed E-state index contributed by atoms with van der Waals surface area (Å²) in [5.74, 6) is 1.14. The van der Waals surface area contributed by atoms with Gasteiger partial charge < -0.3 is 29.6 Å². The fourth-order valence-electron chi connectivity index (χ4n) is 3.54. The van der Waals surface area contributed by atoms with Gasteiger partial charge in [0.05, 0.1) is 28.4 Å². The number of nitrogens with zero attached hydrogens (tertiary/aromatic N) is 2. The van der Waals surface area contributed by atoms with Crippen molar-refractivity contribution in [2.75, 3.05) is 41.5 Å². The lowest BCUT2D eigenvalue weighted by atomic mass is 10.1. The van der Waals surface area contributed by atoms with Crippen LogP contribution in [0.4, 0.5) is 0 Å². The van der Waals surface area contributed by atoms with Crippen molar-refractivity contribution in [3.05, 3.63) is 58.7 Å². The molecule has 2 rings (SSSR count). The number of amides is 2. The molecule has 0 atom stereocenters. The van der Waals surface area contributed by atoms with Crippen LogP contribution in [0, 0.1) is 22.7 Å². The fraction of sp³-hybridized carbons (Fsp3) is 0.310. The third kappa shape index (κ3) is 9.13. The summed E-state index contributed by atoms with van der Waals surface area (Å²) in [6.07, 6.45) is 5.00. The van der Waals surface area contributed by atoms with Crippen molar-refractivity contribution in [1.82, 2.24) is 10.6 Å². The Morgan fingerprint density at radius 3 is 1.38 bits per heavy atom. The number of carbonyl (C=O) groups is 2. The lowest BCUT2D eigenvalue weighted by molar-refractivity contribution is -0.117. The highest BCUT2D eigenvalue weighted by molar-refractivity contribution is 6.02. The van der Waals surface area contributed by atoms with Crippen LogP contribution in [0.3, 0.4) is 0 Å². The molecule has 2 aromatic carbocycles. The maximum atomic E-state index is 12.4. The topological polar surface area (TPSA) is 143 Å². The van der Waals surface area contributed by atoms with Crippen LogP contribution in [0.15, 0.2) is 47.5 Å². The Balaban J connectivity index is 1.78. The standard InChI is InChI=1S/C29H32N4O6/c1-36-24-10-8-20(16-26(24)38-3)14-22(18-30)28(34)32-12-6-5-7-13-33-29(35)23(19-31)15-21-9-11-25(37-2)27(17-21)39-4/h8-11,14-17H,5-7,12-13H2,1-4H3,(H,32,34)(H,33,35)/b22-14+,23-15+. The van der Waals surface area contributed by atoms with Crippen LogP contribution in [0.25, 0.3) is 12.2 Å². The first-order valence-corrected chi connectivity index (χ1v) is 12.1. The van der Waals surface area contributed by atoms with Crippen LogP contribution >= 0.6 is 0 Å². The first-order chi connectivity index (χ1) is 18.9. The minimum absolute atomic E-state index is 0.0280. The van der Waals surface area contributed by atoms with Crippen molar-refractivity contribution in [1.29, 1.82) is 10.5 Å². The Morgan fingerprint density at radius 2 is 1.05 bits per heavy atom. The summed E-state index contributed by atoms with van der Waals surface area (Å²) in [5.41, 5.74) is 1.21. The van der Waals surface area contributed by atoms with Gasteiger partial charge in [-0.05, 0) is 66.8 Å². The van der Waals surface area contributed by atoms with E-state index >= 15 is 0 Å². The van der Waals surface area contributed by atoms with E-state index in [0.717, 1.165) is 6.42 Å². The van der Waals surface area contributed by atoms with E-state index in [-0.39, 0.29) is 11.1 Å². The second-order valence-corrected chi connectivity index (χ2v) is 8.14. The number of nitriles is 2. The van der Waals surface area contributed by atoms with E-state index in [1.54, 1.807) is 36.4 Å². The molecule has 39 heavy (non-hydrogen) atoms. The number of nitrogens with one attached hydrogen (secondary N) is 2. The average molecular weight is 533 g/mol. The summed E-state index contributed by atoms with van der Waals surface area (Å²) in [4.78, 5) is 24.8. The zero-order valence-electron chi connectivity index (χ0n) is 22.5. The average Bonchev–Trinajstić information content (AvgIpc) is 2.97. The highest BCUT2D eigenvalue weighted by Crippen LogP contribution is 2.29. The van der Waals surface area contributed by atoms with E-state index in [9.17, 15) is 20.1 Å². The Kier molecular flexibility index (Phi) is 12.4. The number of ether oxygens (including phenoxy) is 4. The molecule has 0 aromatic heterocycles. The van der Waals surface area contributed by atoms with Gasteiger partial charge >= 0.3 is 0 Å². The van der Waals surface area contributed by atoms with Gasteiger partial charge in [0.15, 0.2) is 23.0 Å². The molecule has 204 valence electrons. The van der Waals surface area contributed by atoms with Crippen LogP contribution < -0.4 is 29.6 Å². The van der Waals surface area contributed by atoms with Gasteiger partial charge in [-0.25, -0.2) is 0 Å². The van der Waals surface area contributed by atoms with Gasteiger partial charge in [0.2, 0.25) is 0 Å². The summed E-state index contributed by atoms with van der Waals surface area (Å²) in [6, 6.07) is 14.0. The van der Waals surface area contributed by atoms with E-state index in [0.29, 0.717) is 60.1 Å². The molecule has 0 spiro atoms. The van der Waals surface area contributed by atoms with Crippen molar-refractivity contribution in [3.8, 4) is 35.1 Å². The first kappa shape index (κ1) is 30.3. The molecule has 10 heteroatoms. The predicted octanol–water partition coefficient (Wildman–Crippen LogP) is 3.64. The number of benzene rings is 2. The highest BCUT2D eigenvalue weighted by atomic mass is 16.5. The van der Waals surface area contributed by atoms with Gasteiger partial charge in [-0.2, -0.15) is 10.5 Å². The highest BCUT2D eigenvalue weighted by Gasteiger charge is 2.12. The lowest BCUT2D eigenvalue weighted by Gasteiger charge is -2.09. The molecule has 0 unspecified atom stereocenters. The van der Waals surface area contributed by atoms with Gasteiger partial charge in [-0.3, -0.25) is 9.59 Å². The van der Waals surface area contributed by atoms with Crippen LogP contribution in [0.2, 0.25) is 0 Å². The SMILES string of the molecule is COc1ccc(/C=C(\C#N)C(=O)NCCCCCNC(=O)/C(C#N)=C/c2ccc(OC)c(OC)c2)cc1OC. The van der Waals surface area contributed by atoms with E-state index in [2.05, 4.69) is 10.6 Å². The van der Waals surface area contributed by atoms with E-state index in [1.807, 2.05) is 12.1 Å². The molecule has 2 aromatic rings. The van der Waals surface area contributed by atoms with Gasteiger partial charge in [-0.1, -0.05) is 12.1 Å². The largest absolute Gasteiger partial charge is 0.493 e. The van der Waals surface area contributed by atoms with Crippen LogP contribution in [0.1, 0.15) is 30.4 Å². The molecule has 0 bridgehead atoms. The van der Waals surface area contributed by atoms with Gasteiger partial charge in [0.1, 0.15) is 23.3 Å². The maximum Gasteiger partial charge on any atom is 0.261 e. The fourth-order valence-corrected chi connectivity index (χ4v) is 3.54. The summed E-state index contributed by atoms with van der Waals surface area (Å²) in [5, 5.41) is 24.3. The van der Waals surface area contributed by atoms with Crippen LogP contribution in [0.5, 0.6) is 23.0 Å². The smallest absolute Gasteiger partial charge is 0.261 e. The molecule has 0 saturated heterocycles. The molecular formula is C29H32N4O6. The summed E-state index contributed by atoms with van der Waals surface area (Å²) in [6.45, 7) is 0.751. The number of unbranched alkanes of at least 4 members (excludes halogenated alkanes) is 2. The van der Waals surface area contributed by atoms with Gasteiger partial charge in [-0.15, -0.1) is 0 Å². The van der Waals surface area contributed by atoms with Crippen LogP contribution in [-0.2, 0) is 9.59 Å². The molecule has 10 nitrogen and oxygen atoms in total. The summed E-state index contributed by atoms with van der Waals surface area (Å²) < 4.78 is 20.9. The lowest BCUT2D eigenvalue weighted by Crippen LogP contribution is -2.27. The maximum absolute atomic E-state index is 12.4. The molecule has 0 aliphatic carbocycles. The van der Waals surface area contributed by atoms with Gasteiger partial charge in [0, 0.05) is 13.1 Å². The van der Waals surface area contributed by atoms with Crippen molar-refractivity contribution >= 4 is 24.0 Å². The number of carbonyl (C=O) groups excluding carboxylic acids is 2.